The number of thiocarbonyl (C=S) groups is 1. The molecule has 0 aliphatic heterocycles. The van der Waals surface area contributed by atoms with Crippen molar-refractivity contribution in [2.24, 2.45) is 5.73 Å². The molecule has 0 aliphatic rings. The molecule has 1 aromatic carbocycles. The highest BCUT2D eigenvalue weighted by Crippen LogP contribution is 2.19. The van der Waals surface area contributed by atoms with E-state index in [4.69, 9.17) is 18.0 Å². The zero-order valence-corrected chi connectivity index (χ0v) is 11.8. The lowest BCUT2D eigenvalue weighted by molar-refractivity contribution is 0.576. The van der Waals surface area contributed by atoms with Crippen LogP contribution in [-0.2, 0) is 16.6 Å². The Bertz CT molecular complexity index is 729. The topological polar surface area (TPSA) is 101 Å². The fourth-order valence-electron chi connectivity index (χ4n) is 1.60. The summed E-state index contributed by atoms with van der Waals surface area (Å²) in [4.78, 5) is 5.91. The van der Waals surface area contributed by atoms with Crippen molar-refractivity contribution in [3.63, 3.8) is 0 Å². The molecule has 1 aromatic heterocycles. The minimum Gasteiger partial charge on any atom is -0.389 e. The molecule has 0 bridgehead atoms. The van der Waals surface area contributed by atoms with Crippen molar-refractivity contribution < 1.29 is 12.8 Å². The number of nitrogens with two attached hydrogens (primary N) is 1. The molecule has 2 aromatic rings. The molecule has 0 unspecified atom stereocenters. The molecule has 1 heterocycles. The smallest absolute Gasteiger partial charge is 0.241 e. The summed E-state index contributed by atoms with van der Waals surface area (Å²) < 4.78 is 40.3. The highest BCUT2D eigenvalue weighted by Gasteiger charge is 2.22. The molecule has 106 valence electrons. The number of sulfonamides is 1. The first-order chi connectivity index (χ1) is 9.42. The Morgan fingerprint density at radius 3 is 2.85 bits per heavy atom. The van der Waals surface area contributed by atoms with E-state index in [1.54, 1.807) is 0 Å². The molecule has 6 nitrogen and oxygen atoms in total. The van der Waals surface area contributed by atoms with Gasteiger partial charge in [-0.25, -0.2) is 22.5 Å². The summed E-state index contributed by atoms with van der Waals surface area (Å²) in [5.41, 5.74) is 5.67. The van der Waals surface area contributed by atoms with Crippen LogP contribution in [0.1, 0.15) is 11.3 Å². The molecule has 0 spiro atoms. The van der Waals surface area contributed by atoms with E-state index in [-0.39, 0.29) is 22.0 Å². The lowest BCUT2D eigenvalue weighted by Crippen LogP contribution is -2.27. The Hall–Kier alpha value is -1.84. The number of hydrogen-bond donors (Lipinski definition) is 3. The van der Waals surface area contributed by atoms with Gasteiger partial charge in [0.15, 0.2) is 0 Å². The average molecular weight is 314 g/mol. The summed E-state index contributed by atoms with van der Waals surface area (Å²) in [6.07, 6.45) is 2.90. The number of imidazole rings is 1. The minimum absolute atomic E-state index is 0.00435. The van der Waals surface area contributed by atoms with E-state index in [2.05, 4.69) is 14.7 Å². The van der Waals surface area contributed by atoms with Crippen molar-refractivity contribution in [2.75, 3.05) is 0 Å². The van der Waals surface area contributed by atoms with E-state index < -0.39 is 15.8 Å². The molecule has 0 radical (unpaired) electrons. The largest absolute Gasteiger partial charge is 0.389 e. The molecule has 20 heavy (non-hydrogen) atoms. The van der Waals surface area contributed by atoms with Crippen LogP contribution in [0.25, 0.3) is 0 Å². The second kappa shape index (κ2) is 5.65. The lowest BCUT2D eigenvalue weighted by atomic mass is 10.2. The van der Waals surface area contributed by atoms with Gasteiger partial charge in [0.05, 0.1) is 23.3 Å². The van der Waals surface area contributed by atoms with Crippen LogP contribution in [-0.4, -0.2) is 23.4 Å². The summed E-state index contributed by atoms with van der Waals surface area (Å²) in [7, 11) is -3.94. The predicted octanol–water partition coefficient (Wildman–Crippen LogP) is 0.662. The summed E-state index contributed by atoms with van der Waals surface area (Å²) in [6, 6.07) is 3.62. The van der Waals surface area contributed by atoms with Crippen molar-refractivity contribution in [3.05, 3.63) is 47.8 Å². The fourth-order valence-corrected chi connectivity index (χ4v) is 3.11. The van der Waals surface area contributed by atoms with Gasteiger partial charge < -0.3 is 10.7 Å². The third-order valence-corrected chi connectivity index (χ3v) is 4.17. The molecular weight excluding hydrogens is 303 g/mol. The first-order valence-electron chi connectivity index (χ1n) is 5.47. The lowest BCUT2D eigenvalue weighted by Gasteiger charge is -2.10. The van der Waals surface area contributed by atoms with Crippen LogP contribution in [0.3, 0.4) is 0 Å². The maximum absolute atomic E-state index is 13.7. The number of benzene rings is 1. The van der Waals surface area contributed by atoms with Gasteiger partial charge >= 0.3 is 0 Å². The van der Waals surface area contributed by atoms with Crippen LogP contribution in [0, 0.1) is 5.82 Å². The Morgan fingerprint density at radius 1 is 1.50 bits per heavy atom. The number of H-pyrrole nitrogens is 1. The molecule has 9 heteroatoms. The van der Waals surface area contributed by atoms with E-state index in [1.165, 1.54) is 24.7 Å². The molecular formula is C11H11FN4O2S2. The molecule has 0 amide bonds. The Labute approximate surface area is 120 Å². The predicted molar refractivity (Wildman–Crippen MR) is 74.9 cm³/mol. The van der Waals surface area contributed by atoms with Gasteiger partial charge in [-0.2, -0.15) is 0 Å². The number of rotatable bonds is 5. The quantitative estimate of drug-likeness (QED) is 0.704. The molecule has 4 N–H and O–H groups in total. The number of nitrogens with one attached hydrogen (secondary N) is 2. The fraction of sp³-hybridized carbons (Fsp3) is 0.0909. The highest BCUT2D eigenvalue weighted by atomic mass is 32.2. The van der Waals surface area contributed by atoms with Crippen LogP contribution in [0.5, 0.6) is 0 Å². The molecule has 0 saturated carbocycles. The van der Waals surface area contributed by atoms with Crippen LogP contribution >= 0.6 is 12.2 Å². The van der Waals surface area contributed by atoms with E-state index in [1.807, 2.05) is 0 Å². The SMILES string of the molecule is NC(=S)c1c(F)cccc1S(=O)(=O)NCc1cnc[nH]1. The molecule has 0 atom stereocenters. The zero-order chi connectivity index (χ0) is 14.8. The van der Waals surface area contributed by atoms with Gasteiger partial charge in [-0.3, -0.25) is 0 Å². The highest BCUT2D eigenvalue weighted by molar-refractivity contribution is 7.89. The van der Waals surface area contributed by atoms with Gasteiger partial charge in [-0.1, -0.05) is 18.3 Å². The summed E-state index contributed by atoms with van der Waals surface area (Å²) in [6.45, 7) is -0.00435. The standard InChI is InChI=1S/C11H11FN4O2S2/c12-8-2-1-3-9(10(8)11(13)19)20(17,18)16-5-7-4-14-6-15-7/h1-4,6,16H,5H2,(H2,13,19)(H,14,15). The van der Waals surface area contributed by atoms with Crippen LogP contribution in [0.2, 0.25) is 0 Å². The summed E-state index contributed by atoms with van der Waals surface area (Å²) in [5.74, 6) is -0.776. The number of nitrogens with zero attached hydrogens (tertiary/aromatic N) is 1. The van der Waals surface area contributed by atoms with E-state index in [0.717, 1.165) is 6.07 Å². The van der Waals surface area contributed by atoms with Crippen molar-refractivity contribution in [1.29, 1.82) is 0 Å². The molecule has 0 fully saturated rings. The third-order valence-electron chi connectivity index (χ3n) is 2.52. The van der Waals surface area contributed by atoms with Gasteiger partial charge in [0.25, 0.3) is 0 Å². The second-order valence-corrected chi connectivity index (χ2v) is 6.05. The maximum Gasteiger partial charge on any atom is 0.241 e. The first kappa shape index (κ1) is 14.6. The van der Waals surface area contributed by atoms with Gasteiger partial charge in [-0.15, -0.1) is 0 Å². The van der Waals surface area contributed by atoms with E-state index in [0.29, 0.717) is 5.69 Å². The number of aromatic amines is 1. The van der Waals surface area contributed by atoms with Crippen molar-refractivity contribution in [3.8, 4) is 0 Å². The Kier molecular flexibility index (Phi) is 4.12. The Morgan fingerprint density at radius 2 is 2.25 bits per heavy atom. The number of hydrogen-bond acceptors (Lipinski definition) is 4. The van der Waals surface area contributed by atoms with Gasteiger partial charge in [-0.05, 0) is 12.1 Å². The normalized spacial score (nSPS) is 11.4. The summed E-state index contributed by atoms with van der Waals surface area (Å²) >= 11 is 4.70. The first-order valence-corrected chi connectivity index (χ1v) is 7.36. The van der Waals surface area contributed by atoms with E-state index in [9.17, 15) is 12.8 Å². The van der Waals surface area contributed by atoms with Gasteiger partial charge in [0, 0.05) is 11.9 Å². The van der Waals surface area contributed by atoms with Gasteiger partial charge in [0.1, 0.15) is 10.8 Å². The monoisotopic (exact) mass is 314 g/mol. The number of halogens is 1. The zero-order valence-electron chi connectivity index (χ0n) is 10.1. The maximum atomic E-state index is 13.7. The van der Waals surface area contributed by atoms with Crippen LogP contribution < -0.4 is 10.5 Å². The third kappa shape index (κ3) is 3.00. The van der Waals surface area contributed by atoms with Gasteiger partial charge in [0.2, 0.25) is 10.0 Å². The number of aromatic nitrogens is 2. The summed E-state index contributed by atoms with van der Waals surface area (Å²) in [5, 5.41) is 0. The average Bonchev–Trinajstić information content (AvgIpc) is 2.89. The Balaban J connectivity index is 2.34. The molecule has 0 aliphatic carbocycles. The minimum atomic E-state index is -3.94. The van der Waals surface area contributed by atoms with Crippen molar-refractivity contribution >= 4 is 27.2 Å². The van der Waals surface area contributed by atoms with Crippen LogP contribution in [0.15, 0.2) is 35.6 Å². The second-order valence-electron chi connectivity index (χ2n) is 3.88. The van der Waals surface area contributed by atoms with Crippen molar-refractivity contribution in [2.45, 2.75) is 11.4 Å². The molecule has 2 rings (SSSR count). The van der Waals surface area contributed by atoms with Crippen molar-refractivity contribution in [1.82, 2.24) is 14.7 Å². The van der Waals surface area contributed by atoms with Crippen LogP contribution in [0.4, 0.5) is 4.39 Å². The molecule has 0 saturated heterocycles. The van der Waals surface area contributed by atoms with E-state index >= 15 is 0 Å².